The van der Waals surface area contributed by atoms with E-state index in [1.165, 1.54) is 11.1 Å². The van der Waals surface area contributed by atoms with E-state index in [0.717, 1.165) is 6.42 Å². The molecule has 18 heavy (non-hydrogen) atoms. The first-order chi connectivity index (χ1) is 8.47. The fourth-order valence-electron chi connectivity index (χ4n) is 1.64. The van der Waals surface area contributed by atoms with E-state index in [9.17, 15) is 8.42 Å². The van der Waals surface area contributed by atoms with Crippen molar-refractivity contribution >= 4 is 19.7 Å². The van der Waals surface area contributed by atoms with Gasteiger partial charge in [0.25, 0.3) is 14.2 Å². The van der Waals surface area contributed by atoms with Crippen LogP contribution in [0.25, 0.3) is 0 Å². The number of aromatic amines is 1. The van der Waals surface area contributed by atoms with Gasteiger partial charge in [-0.2, -0.15) is 0 Å². The van der Waals surface area contributed by atoms with Crippen LogP contribution in [0.5, 0.6) is 0 Å². The predicted molar refractivity (Wildman–Crippen MR) is 68.0 cm³/mol. The first-order valence-corrected chi connectivity index (χ1v) is 7.68. The zero-order chi connectivity index (χ0) is 13.2. The number of hydrogen-bond donors (Lipinski definition) is 1. The Labute approximate surface area is 110 Å². The lowest BCUT2D eigenvalue weighted by Gasteiger charge is -2.02. The number of benzene rings is 1. The van der Waals surface area contributed by atoms with Gasteiger partial charge in [0.05, 0.1) is 0 Å². The normalized spacial score (nSPS) is 11.7. The van der Waals surface area contributed by atoms with Crippen molar-refractivity contribution in [2.24, 2.45) is 0 Å². The van der Waals surface area contributed by atoms with E-state index in [1.807, 2.05) is 31.2 Å². The van der Waals surface area contributed by atoms with Gasteiger partial charge >= 0.3 is 0 Å². The van der Waals surface area contributed by atoms with Gasteiger partial charge in [-0.1, -0.05) is 24.3 Å². The smallest absolute Gasteiger partial charge is 0.262 e. The maximum Gasteiger partial charge on any atom is 0.298 e. The third-order valence-corrected chi connectivity index (χ3v) is 3.65. The van der Waals surface area contributed by atoms with Crippen LogP contribution in [-0.4, -0.2) is 23.6 Å². The van der Waals surface area contributed by atoms with E-state index < -0.39 is 9.05 Å². The highest BCUT2D eigenvalue weighted by atomic mass is 35.7. The highest BCUT2D eigenvalue weighted by molar-refractivity contribution is 8.13. The van der Waals surface area contributed by atoms with Crippen molar-refractivity contribution < 1.29 is 8.42 Å². The molecule has 2 rings (SSSR count). The second-order valence-corrected chi connectivity index (χ2v) is 6.39. The predicted octanol–water partition coefficient (Wildman–Crippen LogP) is 1.83. The Morgan fingerprint density at radius 3 is 2.61 bits per heavy atom. The summed E-state index contributed by atoms with van der Waals surface area (Å²) in [5.74, 6) is 0.512. The quantitative estimate of drug-likeness (QED) is 0.870. The Balaban J connectivity index is 2.08. The third-order valence-electron chi connectivity index (χ3n) is 2.62. The third kappa shape index (κ3) is 3.08. The van der Waals surface area contributed by atoms with Crippen LogP contribution >= 0.6 is 10.7 Å². The first kappa shape index (κ1) is 13.0. The fraction of sp³-hybridized carbons (Fsp3) is 0.273. The molecule has 0 atom stereocenters. The second kappa shape index (κ2) is 5.07. The molecule has 0 amide bonds. The lowest BCUT2D eigenvalue weighted by molar-refractivity contribution is 0.601. The maximum atomic E-state index is 11.0. The molecule has 0 saturated carbocycles. The van der Waals surface area contributed by atoms with Crippen molar-refractivity contribution in [3.8, 4) is 0 Å². The molecule has 7 heteroatoms. The summed E-state index contributed by atoms with van der Waals surface area (Å²) in [6, 6.07) is 8.01. The number of H-pyrrole nitrogens is 1. The molecule has 0 aliphatic rings. The molecule has 1 heterocycles. The van der Waals surface area contributed by atoms with Gasteiger partial charge in [0, 0.05) is 17.1 Å². The summed E-state index contributed by atoms with van der Waals surface area (Å²) in [6.07, 6.45) is 1.36. The van der Waals surface area contributed by atoms with E-state index in [0.29, 0.717) is 12.2 Å². The second-order valence-electron chi connectivity index (χ2n) is 3.93. The number of nitrogens with zero attached hydrogens (tertiary/aromatic N) is 2. The van der Waals surface area contributed by atoms with Crippen LogP contribution in [-0.2, 0) is 21.9 Å². The zero-order valence-corrected chi connectivity index (χ0v) is 11.3. The average Bonchev–Trinajstić information content (AvgIpc) is 2.76. The van der Waals surface area contributed by atoms with Crippen LogP contribution in [0.1, 0.15) is 17.0 Å². The molecule has 96 valence electrons. The molecule has 0 spiro atoms. The minimum atomic E-state index is -3.85. The van der Waals surface area contributed by atoms with Crippen LogP contribution in [0.15, 0.2) is 29.4 Å². The Hall–Kier alpha value is -1.40. The molecule has 5 nitrogen and oxygen atoms in total. The van der Waals surface area contributed by atoms with Crippen molar-refractivity contribution in [1.82, 2.24) is 15.2 Å². The van der Waals surface area contributed by atoms with Gasteiger partial charge in [0.15, 0.2) is 0 Å². The molecule has 0 radical (unpaired) electrons. The molecule has 1 N–H and O–H groups in total. The molecule has 0 bridgehead atoms. The van der Waals surface area contributed by atoms with E-state index >= 15 is 0 Å². The molecule has 1 aromatic heterocycles. The monoisotopic (exact) mass is 285 g/mol. The molecular formula is C11H12ClN3O2S. The Bertz CT molecular complexity index is 652. The summed E-state index contributed by atoms with van der Waals surface area (Å²) < 4.78 is 22.0. The summed E-state index contributed by atoms with van der Waals surface area (Å²) in [5, 5.41) is 5.77. The van der Waals surface area contributed by atoms with Gasteiger partial charge in [-0.15, -0.1) is 5.10 Å². The molecule has 1 aromatic carbocycles. The number of aromatic nitrogens is 3. The van der Waals surface area contributed by atoms with Crippen molar-refractivity contribution in [2.75, 3.05) is 0 Å². The Morgan fingerprint density at radius 1 is 1.28 bits per heavy atom. The van der Waals surface area contributed by atoms with Gasteiger partial charge in [-0.25, -0.2) is 13.4 Å². The molecule has 2 aromatic rings. The molecular weight excluding hydrogens is 274 g/mol. The van der Waals surface area contributed by atoms with E-state index in [4.69, 9.17) is 10.7 Å². The van der Waals surface area contributed by atoms with E-state index in [1.54, 1.807) is 0 Å². The Morgan fingerprint density at radius 2 is 2.00 bits per heavy atom. The molecule has 0 unspecified atom stereocenters. The fourth-order valence-corrected chi connectivity index (χ4v) is 2.22. The van der Waals surface area contributed by atoms with Crippen molar-refractivity contribution in [3.63, 3.8) is 0 Å². The van der Waals surface area contributed by atoms with E-state index in [-0.39, 0.29) is 5.16 Å². The number of aryl methyl sites for hydroxylation is 3. The van der Waals surface area contributed by atoms with Gasteiger partial charge < -0.3 is 0 Å². The summed E-state index contributed by atoms with van der Waals surface area (Å²) >= 11 is 0. The van der Waals surface area contributed by atoms with Crippen LogP contribution in [0.3, 0.4) is 0 Å². The van der Waals surface area contributed by atoms with Crippen LogP contribution < -0.4 is 0 Å². The summed E-state index contributed by atoms with van der Waals surface area (Å²) in [5.41, 5.74) is 2.39. The van der Waals surface area contributed by atoms with Crippen molar-refractivity contribution in [1.29, 1.82) is 0 Å². The average molecular weight is 286 g/mol. The topological polar surface area (TPSA) is 75.7 Å². The minimum Gasteiger partial charge on any atom is -0.262 e. The van der Waals surface area contributed by atoms with Crippen LogP contribution in [0.2, 0.25) is 0 Å². The van der Waals surface area contributed by atoms with Gasteiger partial charge in [-0.05, 0) is 24.5 Å². The number of halogens is 1. The molecule has 0 aliphatic heterocycles. The lowest BCUT2D eigenvalue weighted by Crippen LogP contribution is -1.97. The molecule has 0 saturated heterocycles. The summed E-state index contributed by atoms with van der Waals surface area (Å²) in [6.45, 7) is 2.03. The number of hydrogen-bond acceptors (Lipinski definition) is 4. The molecule has 0 fully saturated rings. The van der Waals surface area contributed by atoms with Gasteiger partial charge in [0.2, 0.25) is 0 Å². The van der Waals surface area contributed by atoms with Gasteiger partial charge in [-0.3, -0.25) is 5.10 Å². The highest BCUT2D eigenvalue weighted by Crippen LogP contribution is 2.12. The molecule has 0 aliphatic carbocycles. The summed E-state index contributed by atoms with van der Waals surface area (Å²) in [7, 11) is 1.29. The standard InChI is InChI=1S/C11H12ClN3O2S/c1-8-4-2-3-5-9(8)6-7-10-13-11(15-14-10)18(12,16)17/h2-5H,6-7H2,1H3,(H,13,14,15). The summed E-state index contributed by atoms with van der Waals surface area (Å²) in [4.78, 5) is 3.84. The SMILES string of the molecule is Cc1ccccc1CCc1nc(S(=O)(=O)Cl)n[nH]1. The van der Waals surface area contributed by atoms with Crippen molar-refractivity contribution in [2.45, 2.75) is 24.9 Å². The van der Waals surface area contributed by atoms with Gasteiger partial charge in [0.1, 0.15) is 5.82 Å². The number of nitrogens with one attached hydrogen (secondary N) is 1. The zero-order valence-electron chi connectivity index (χ0n) is 9.72. The van der Waals surface area contributed by atoms with Crippen LogP contribution in [0, 0.1) is 6.92 Å². The maximum absolute atomic E-state index is 11.0. The van der Waals surface area contributed by atoms with Crippen molar-refractivity contribution in [3.05, 3.63) is 41.2 Å². The van der Waals surface area contributed by atoms with E-state index in [2.05, 4.69) is 15.2 Å². The largest absolute Gasteiger partial charge is 0.298 e. The lowest BCUT2D eigenvalue weighted by atomic mass is 10.0. The minimum absolute atomic E-state index is 0.371. The first-order valence-electron chi connectivity index (χ1n) is 5.37. The number of rotatable bonds is 4. The highest BCUT2D eigenvalue weighted by Gasteiger charge is 2.16. The Kier molecular flexibility index (Phi) is 3.68. The van der Waals surface area contributed by atoms with Crippen LogP contribution in [0.4, 0.5) is 0 Å².